The van der Waals surface area contributed by atoms with E-state index in [-0.39, 0.29) is 17.4 Å². The SMILES string of the molecule is CCC1CCCCN1S(=O)(=O)Cc1cccc(C(=O)O)c1. The maximum absolute atomic E-state index is 12.6. The van der Waals surface area contributed by atoms with Crippen LogP contribution in [0.5, 0.6) is 0 Å². The average Bonchev–Trinajstić information content (AvgIpc) is 2.47. The Bertz CT molecular complexity index is 612. The summed E-state index contributed by atoms with van der Waals surface area (Å²) >= 11 is 0. The lowest BCUT2D eigenvalue weighted by molar-refractivity contribution is 0.0696. The molecule has 0 radical (unpaired) electrons. The summed E-state index contributed by atoms with van der Waals surface area (Å²) in [5.74, 6) is -1.18. The first-order valence-corrected chi connectivity index (χ1v) is 8.86. The van der Waals surface area contributed by atoms with Crippen molar-refractivity contribution in [3.63, 3.8) is 0 Å². The lowest BCUT2D eigenvalue weighted by atomic mass is 10.0. The fourth-order valence-corrected chi connectivity index (χ4v) is 4.72. The van der Waals surface area contributed by atoms with Crippen LogP contribution in [0, 0.1) is 0 Å². The molecule has 21 heavy (non-hydrogen) atoms. The number of carboxylic acid groups (broad SMARTS) is 1. The molecule has 1 aromatic carbocycles. The number of rotatable bonds is 5. The lowest BCUT2D eigenvalue weighted by Gasteiger charge is -2.34. The Labute approximate surface area is 125 Å². The Kier molecular flexibility index (Phi) is 5.00. The Hall–Kier alpha value is -1.40. The predicted molar refractivity (Wildman–Crippen MR) is 80.7 cm³/mol. The molecule has 1 fully saturated rings. The van der Waals surface area contributed by atoms with E-state index in [0.29, 0.717) is 12.1 Å². The Morgan fingerprint density at radius 1 is 1.38 bits per heavy atom. The van der Waals surface area contributed by atoms with E-state index in [1.807, 2.05) is 6.92 Å². The minimum absolute atomic E-state index is 0.0754. The standard InChI is InChI=1S/C15H21NO4S/c1-2-14-8-3-4-9-16(14)21(19,20)11-12-6-5-7-13(10-12)15(17)18/h5-7,10,14H,2-4,8-9,11H2,1H3,(H,17,18). The zero-order valence-electron chi connectivity index (χ0n) is 12.2. The van der Waals surface area contributed by atoms with E-state index in [2.05, 4.69) is 0 Å². The summed E-state index contributed by atoms with van der Waals surface area (Å²) in [4.78, 5) is 11.0. The highest BCUT2D eigenvalue weighted by Crippen LogP contribution is 2.24. The smallest absolute Gasteiger partial charge is 0.335 e. The van der Waals surface area contributed by atoms with Gasteiger partial charge >= 0.3 is 5.97 Å². The predicted octanol–water partition coefficient (Wildman–Crippen LogP) is 2.48. The largest absolute Gasteiger partial charge is 0.478 e. The first kappa shape index (κ1) is 16.0. The Balaban J connectivity index is 2.20. The maximum Gasteiger partial charge on any atom is 0.335 e. The van der Waals surface area contributed by atoms with Crippen LogP contribution in [0.3, 0.4) is 0 Å². The molecule has 1 heterocycles. The summed E-state index contributed by atoms with van der Waals surface area (Å²) in [5, 5.41) is 8.98. The minimum Gasteiger partial charge on any atom is -0.478 e. The molecule has 1 aromatic rings. The molecule has 0 aromatic heterocycles. The molecule has 1 atom stereocenters. The highest BCUT2D eigenvalue weighted by Gasteiger charge is 2.31. The first-order valence-electron chi connectivity index (χ1n) is 7.26. The highest BCUT2D eigenvalue weighted by molar-refractivity contribution is 7.88. The number of piperidine rings is 1. The quantitative estimate of drug-likeness (QED) is 0.906. The summed E-state index contributed by atoms with van der Waals surface area (Å²) < 4.78 is 26.8. The van der Waals surface area contributed by atoms with E-state index < -0.39 is 16.0 Å². The molecular weight excluding hydrogens is 290 g/mol. The number of hydrogen-bond donors (Lipinski definition) is 1. The molecular formula is C15H21NO4S. The summed E-state index contributed by atoms with van der Waals surface area (Å²) in [7, 11) is -3.40. The van der Waals surface area contributed by atoms with Gasteiger partial charge in [0.2, 0.25) is 10.0 Å². The number of benzene rings is 1. The van der Waals surface area contributed by atoms with E-state index in [9.17, 15) is 13.2 Å². The second-order valence-corrected chi connectivity index (χ2v) is 7.35. The van der Waals surface area contributed by atoms with E-state index in [4.69, 9.17) is 5.11 Å². The molecule has 0 saturated carbocycles. The fraction of sp³-hybridized carbons (Fsp3) is 0.533. The second kappa shape index (κ2) is 6.58. The summed E-state index contributed by atoms with van der Waals surface area (Å²) in [6, 6.07) is 6.22. The van der Waals surface area contributed by atoms with E-state index in [0.717, 1.165) is 25.7 Å². The van der Waals surface area contributed by atoms with Gasteiger partial charge in [-0.2, -0.15) is 4.31 Å². The Morgan fingerprint density at radius 2 is 2.14 bits per heavy atom. The van der Waals surface area contributed by atoms with Crippen molar-refractivity contribution in [2.45, 2.75) is 44.4 Å². The van der Waals surface area contributed by atoms with Crippen molar-refractivity contribution in [1.29, 1.82) is 0 Å². The van der Waals surface area contributed by atoms with Crippen LogP contribution in [0.1, 0.15) is 48.5 Å². The van der Waals surface area contributed by atoms with Gasteiger partial charge in [0, 0.05) is 12.6 Å². The Morgan fingerprint density at radius 3 is 2.81 bits per heavy atom. The average molecular weight is 311 g/mol. The topological polar surface area (TPSA) is 74.7 Å². The molecule has 1 saturated heterocycles. The van der Waals surface area contributed by atoms with Crippen LogP contribution in [0.25, 0.3) is 0 Å². The van der Waals surface area contributed by atoms with Gasteiger partial charge in [-0.05, 0) is 37.0 Å². The molecule has 0 aliphatic carbocycles. The van der Waals surface area contributed by atoms with Gasteiger partial charge in [0.25, 0.3) is 0 Å². The third-order valence-corrected chi connectivity index (χ3v) is 5.82. The normalized spacial score (nSPS) is 20.3. The molecule has 1 aliphatic heterocycles. The van der Waals surface area contributed by atoms with E-state index >= 15 is 0 Å². The number of carboxylic acids is 1. The molecule has 5 nitrogen and oxygen atoms in total. The molecule has 0 amide bonds. The van der Waals surface area contributed by atoms with Crippen LogP contribution in [0.4, 0.5) is 0 Å². The molecule has 1 aliphatic rings. The molecule has 1 N–H and O–H groups in total. The van der Waals surface area contributed by atoms with Crippen LogP contribution in [-0.2, 0) is 15.8 Å². The van der Waals surface area contributed by atoms with Crippen molar-refractivity contribution in [1.82, 2.24) is 4.31 Å². The van der Waals surface area contributed by atoms with Crippen molar-refractivity contribution >= 4 is 16.0 Å². The summed E-state index contributed by atoms with van der Waals surface area (Å²) in [5.41, 5.74) is 0.642. The van der Waals surface area contributed by atoms with Crippen LogP contribution in [0.15, 0.2) is 24.3 Å². The molecule has 0 spiro atoms. The van der Waals surface area contributed by atoms with Crippen molar-refractivity contribution in [3.05, 3.63) is 35.4 Å². The van der Waals surface area contributed by atoms with E-state index in [1.165, 1.54) is 12.1 Å². The summed E-state index contributed by atoms with van der Waals surface area (Å²) in [6.07, 6.45) is 3.68. The maximum atomic E-state index is 12.6. The van der Waals surface area contributed by atoms with Gasteiger partial charge in [0.05, 0.1) is 11.3 Å². The van der Waals surface area contributed by atoms with Crippen molar-refractivity contribution < 1.29 is 18.3 Å². The van der Waals surface area contributed by atoms with Gasteiger partial charge < -0.3 is 5.11 Å². The van der Waals surface area contributed by atoms with Crippen molar-refractivity contribution in [2.24, 2.45) is 0 Å². The number of sulfonamides is 1. The third kappa shape index (κ3) is 3.83. The zero-order chi connectivity index (χ0) is 15.5. The highest BCUT2D eigenvalue weighted by atomic mass is 32.2. The van der Waals surface area contributed by atoms with Gasteiger partial charge in [-0.3, -0.25) is 0 Å². The van der Waals surface area contributed by atoms with Gasteiger partial charge in [0.15, 0.2) is 0 Å². The van der Waals surface area contributed by atoms with Gasteiger partial charge in [-0.25, -0.2) is 13.2 Å². The molecule has 1 unspecified atom stereocenters. The monoisotopic (exact) mass is 311 g/mol. The van der Waals surface area contributed by atoms with Gasteiger partial charge in [0.1, 0.15) is 0 Å². The van der Waals surface area contributed by atoms with E-state index in [1.54, 1.807) is 16.4 Å². The number of carbonyl (C=O) groups is 1. The van der Waals surface area contributed by atoms with Crippen LogP contribution < -0.4 is 0 Å². The molecule has 2 rings (SSSR count). The van der Waals surface area contributed by atoms with Gasteiger partial charge in [-0.1, -0.05) is 25.5 Å². The van der Waals surface area contributed by atoms with Crippen molar-refractivity contribution in [3.8, 4) is 0 Å². The van der Waals surface area contributed by atoms with Crippen LogP contribution in [0.2, 0.25) is 0 Å². The molecule has 0 bridgehead atoms. The summed E-state index contributed by atoms with van der Waals surface area (Å²) in [6.45, 7) is 2.57. The minimum atomic E-state index is -3.40. The fourth-order valence-electron chi connectivity index (χ4n) is 2.84. The molecule has 116 valence electrons. The number of nitrogens with zero attached hydrogens (tertiary/aromatic N) is 1. The lowest BCUT2D eigenvalue weighted by Crippen LogP contribution is -2.43. The van der Waals surface area contributed by atoms with Crippen LogP contribution >= 0.6 is 0 Å². The number of hydrogen-bond acceptors (Lipinski definition) is 3. The van der Waals surface area contributed by atoms with Crippen molar-refractivity contribution in [2.75, 3.05) is 6.54 Å². The first-order chi connectivity index (χ1) is 9.94. The zero-order valence-corrected chi connectivity index (χ0v) is 13.0. The second-order valence-electron chi connectivity index (χ2n) is 5.43. The molecule has 6 heteroatoms. The third-order valence-electron chi connectivity index (χ3n) is 3.92. The van der Waals surface area contributed by atoms with Crippen LogP contribution in [-0.4, -0.2) is 36.4 Å². The number of aromatic carboxylic acids is 1. The van der Waals surface area contributed by atoms with Gasteiger partial charge in [-0.15, -0.1) is 0 Å².